The lowest BCUT2D eigenvalue weighted by Crippen LogP contribution is -2.53. The number of nitrogens with zero attached hydrogens (tertiary/aromatic N) is 2. The Morgan fingerprint density at radius 2 is 1.67 bits per heavy atom. The van der Waals surface area contributed by atoms with Gasteiger partial charge in [-0.15, -0.1) is 0 Å². The number of carbonyl (C=O) groups excluding carboxylic acids is 2. The van der Waals surface area contributed by atoms with Crippen molar-refractivity contribution >= 4 is 55.1 Å². The lowest BCUT2D eigenvalue weighted by molar-refractivity contribution is -0.139. The maximum absolute atomic E-state index is 14.2. The van der Waals surface area contributed by atoms with Crippen molar-refractivity contribution in [2.45, 2.75) is 76.4 Å². The van der Waals surface area contributed by atoms with Gasteiger partial charge in [-0.25, -0.2) is 8.42 Å². The molecule has 0 radical (unpaired) electrons. The molecule has 1 atom stereocenters. The minimum atomic E-state index is -4.17. The zero-order valence-corrected chi connectivity index (χ0v) is 27.3. The first-order valence-corrected chi connectivity index (χ1v) is 16.8. The van der Waals surface area contributed by atoms with E-state index in [1.165, 1.54) is 17.0 Å². The monoisotopic (exact) mass is 673 g/mol. The van der Waals surface area contributed by atoms with E-state index in [0.717, 1.165) is 52.0 Å². The van der Waals surface area contributed by atoms with E-state index < -0.39 is 28.5 Å². The van der Waals surface area contributed by atoms with Crippen LogP contribution < -0.4 is 9.62 Å². The highest BCUT2D eigenvalue weighted by molar-refractivity contribution is 9.10. The van der Waals surface area contributed by atoms with Crippen LogP contribution >= 0.6 is 27.5 Å². The van der Waals surface area contributed by atoms with Crippen LogP contribution in [0.25, 0.3) is 0 Å². The summed E-state index contributed by atoms with van der Waals surface area (Å²) in [6.07, 6.45) is 5.10. The molecule has 7 nitrogen and oxygen atoms in total. The van der Waals surface area contributed by atoms with E-state index in [0.29, 0.717) is 16.3 Å². The van der Waals surface area contributed by atoms with Crippen molar-refractivity contribution < 1.29 is 18.0 Å². The van der Waals surface area contributed by atoms with Crippen molar-refractivity contribution in [3.05, 3.63) is 92.9 Å². The lowest BCUT2D eigenvalue weighted by Gasteiger charge is -2.33. The SMILES string of the molecule is Cc1ccc(S(=O)(=O)N(CC(=O)N(Cc2cccc(Br)c2)[C@@H](C)C(=O)NC2CCCCC2)c2cccc(Cl)c2C)cc1. The number of anilines is 1. The molecule has 0 heterocycles. The Kier molecular flexibility index (Phi) is 10.7. The van der Waals surface area contributed by atoms with Gasteiger partial charge in [0.1, 0.15) is 12.6 Å². The standard InChI is InChI=1S/C32H37BrClN3O4S/c1-22-15-17-28(18-16-22)42(40,41)37(30-14-8-13-29(34)23(30)2)21-31(38)36(20-25-9-7-10-26(33)19-25)24(3)32(39)35-27-11-5-4-6-12-27/h7-10,13-19,24,27H,4-6,11-12,20-21H2,1-3H3,(H,35,39)/t24-/m0/s1. The number of sulfonamides is 1. The third kappa shape index (κ3) is 7.74. The van der Waals surface area contributed by atoms with E-state index >= 15 is 0 Å². The number of aryl methyl sites for hydroxylation is 1. The summed E-state index contributed by atoms with van der Waals surface area (Å²) in [5, 5.41) is 3.51. The molecule has 42 heavy (non-hydrogen) atoms. The highest BCUT2D eigenvalue weighted by Gasteiger charge is 2.34. The van der Waals surface area contributed by atoms with Crippen LogP contribution in [0.4, 0.5) is 5.69 Å². The molecule has 0 aliphatic heterocycles. The molecule has 3 aromatic rings. The minimum Gasteiger partial charge on any atom is -0.352 e. The predicted octanol–water partition coefficient (Wildman–Crippen LogP) is 6.78. The number of carbonyl (C=O) groups is 2. The molecule has 1 aliphatic carbocycles. The second-order valence-corrected chi connectivity index (χ2v) is 14.1. The topological polar surface area (TPSA) is 86.8 Å². The molecule has 2 amide bonds. The molecule has 0 bridgehead atoms. The summed E-state index contributed by atoms with van der Waals surface area (Å²) in [7, 11) is -4.17. The van der Waals surface area contributed by atoms with E-state index in [9.17, 15) is 18.0 Å². The molecule has 10 heteroatoms. The maximum atomic E-state index is 14.2. The van der Waals surface area contributed by atoms with Crippen molar-refractivity contribution in [2.24, 2.45) is 0 Å². The third-order valence-electron chi connectivity index (χ3n) is 7.76. The Morgan fingerprint density at radius 3 is 2.33 bits per heavy atom. The number of halogens is 2. The quantitative estimate of drug-likeness (QED) is 0.257. The number of nitrogens with one attached hydrogen (secondary N) is 1. The van der Waals surface area contributed by atoms with E-state index in [4.69, 9.17) is 11.6 Å². The maximum Gasteiger partial charge on any atom is 0.264 e. The van der Waals surface area contributed by atoms with E-state index in [1.807, 2.05) is 31.2 Å². The molecule has 3 aromatic carbocycles. The van der Waals surface area contributed by atoms with Gasteiger partial charge in [-0.2, -0.15) is 0 Å². The van der Waals surface area contributed by atoms with Gasteiger partial charge >= 0.3 is 0 Å². The first kappa shape index (κ1) is 32.0. The Labute approximate surface area is 262 Å². The van der Waals surface area contributed by atoms with Crippen molar-refractivity contribution in [2.75, 3.05) is 10.8 Å². The van der Waals surface area contributed by atoms with Crippen LogP contribution in [0.1, 0.15) is 55.7 Å². The average Bonchev–Trinajstić information content (AvgIpc) is 2.96. The zero-order valence-electron chi connectivity index (χ0n) is 24.1. The summed E-state index contributed by atoms with van der Waals surface area (Å²) in [5.74, 6) is -0.756. The number of amides is 2. The number of hydrogen-bond acceptors (Lipinski definition) is 4. The molecule has 1 N–H and O–H groups in total. The van der Waals surface area contributed by atoms with Crippen molar-refractivity contribution in [1.82, 2.24) is 10.2 Å². The third-order valence-corrected chi connectivity index (χ3v) is 10.4. The van der Waals surface area contributed by atoms with Gasteiger partial charge in [-0.3, -0.25) is 13.9 Å². The number of hydrogen-bond donors (Lipinski definition) is 1. The second-order valence-electron chi connectivity index (χ2n) is 10.9. The van der Waals surface area contributed by atoms with Crippen LogP contribution in [0.5, 0.6) is 0 Å². The molecule has 1 aliphatic rings. The van der Waals surface area contributed by atoms with Crippen LogP contribution in [0.15, 0.2) is 76.1 Å². The van der Waals surface area contributed by atoms with Crippen LogP contribution in [0, 0.1) is 13.8 Å². The normalized spacial score (nSPS) is 14.7. The van der Waals surface area contributed by atoms with Crippen LogP contribution in [-0.2, 0) is 26.2 Å². The van der Waals surface area contributed by atoms with Gasteiger partial charge in [0.15, 0.2) is 0 Å². The van der Waals surface area contributed by atoms with Gasteiger partial charge in [-0.1, -0.05) is 82.7 Å². The van der Waals surface area contributed by atoms with Crippen LogP contribution in [-0.4, -0.2) is 43.8 Å². The van der Waals surface area contributed by atoms with E-state index in [1.54, 1.807) is 44.2 Å². The van der Waals surface area contributed by atoms with Crippen molar-refractivity contribution in [1.29, 1.82) is 0 Å². The fourth-order valence-corrected chi connectivity index (χ4v) is 7.29. The van der Waals surface area contributed by atoms with E-state index in [2.05, 4.69) is 21.2 Å². The lowest BCUT2D eigenvalue weighted by atomic mass is 9.95. The molecule has 0 aromatic heterocycles. The molecule has 1 fully saturated rings. The number of benzene rings is 3. The van der Waals surface area contributed by atoms with Gasteiger partial charge in [-0.05, 0) is 81.1 Å². The van der Waals surface area contributed by atoms with E-state index in [-0.39, 0.29) is 23.4 Å². The van der Waals surface area contributed by atoms with Crippen LogP contribution in [0.3, 0.4) is 0 Å². The summed E-state index contributed by atoms with van der Waals surface area (Å²) in [4.78, 5) is 29.1. The van der Waals surface area contributed by atoms with Crippen molar-refractivity contribution in [3.8, 4) is 0 Å². The molecule has 0 saturated heterocycles. The molecular weight excluding hydrogens is 638 g/mol. The molecular formula is C32H37BrClN3O4S. The molecule has 224 valence electrons. The fourth-order valence-electron chi connectivity index (χ4n) is 5.20. The largest absolute Gasteiger partial charge is 0.352 e. The van der Waals surface area contributed by atoms with Crippen LogP contribution in [0.2, 0.25) is 5.02 Å². The fraction of sp³-hybridized carbons (Fsp3) is 0.375. The average molecular weight is 675 g/mol. The zero-order chi connectivity index (χ0) is 30.4. The van der Waals surface area contributed by atoms with Gasteiger partial charge < -0.3 is 10.2 Å². The second kappa shape index (κ2) is 14.1. The van der Waals surface area contributed by atoms with Gasteiger partial charge in [0.2, 0.25) is 11.8 Å². The summed E-state index contributed by atoms with van der Waals surface area (Å²) in [6, 6.07) is 18.2. The summed E-state index contributed by atoms with van der Waals surface area (Å²) >= 11 is 9.89. The summed E-state index contributed by atoms with van der Waals surface area (Å²) in [6.45, 7) is 4.91. The smallest absolute Gasteiger partial charge is 0.264 e. The molecule has 1 saturated carbocycles. The molecule has 0 spiro atoms. The highest BCUT2D eigenvalue weighted by Crippen LogP contribution is 2.31. The van der Waals surface area contributed by atoms with Gasteiger partial charge in [0.05, 0.1) is 10.6 Å². The first-order valence-electron chi connectivity index (χ1n) is 14.2. The van der Waals surface area contributed by atoms with Crippen molar-refractivity contribution in [3.63, 3.8) is 0 Å². The summed E-state index contributed by atoms with van der Waals surface area (Å²) < 4.78 is 30.1. The minimum absolute atomic E-state index is 0.0573. The molecule has 0 unspecified atom stereocenters. The van der Waals surface area contributed by atoms with Gasteiger partial charge in [0.25, 0.3) is 10.0 Å². The Hall–Kier alpha value is -2.88. The Bertz CT molecular complexity index is 1520. The first-order chi connectivity index (χ1) is 20.0. The van der Waals surface area contributed by atoms with Gasteiger partial charge in [0, 0.05) is 22.1 Å². The summed E-state index contributed by atoms with van der Waals surface area (Å²) in [5.41, 5.74) is 2.55. The molecule has 4 rings (SSSR count). The Morgan fingerprint density at radius 1 is 1.00 bits per heavy atom. The number of rotatable bonds is 10. The predicted molar refractivity (Wildman–Crippen MR) is 171 cm³/mol. The highest BCUT2D eigenvalue weighted by atomic mass is 79.9. The Balaban J connectivity index is 1.71.